The molecule has 0 atom stereocenters. The van der Waals surface area contributed by atoms with E-state index in [0.29, 0.717) is 0 Å². The van der Waals surface area contributed by atoms with Crippen LogP contribution in [0.3, 0.4) is 0 Å². The van der Waals surface area contributed by atoms with Gasteiger partial charge in [0.25, 0.3) is 0 Å². The van der Waals surface area contributed by atoms with E-state index in [1.807, 2.05) is 0 Å². The van der Waals surface area contributed by atoms with Gasteiger partial charge >= 0.3 is 0 Å². The highest BCUT2D eigenvalue weighted by molar-refractivity contribution is 4.85. The Morgan fingerprint density at radius 3 is 2.33 bits per heavy atom. The van der Waals surface area contributed by atoms with Gasteiger partial charge in [-0.3, -0.25) is 0 Å². The molecule has 0 unspecified atom stereocenters. The number of hydrogen-bond donors (Lipinski definition) is 0. The first-order valence-electron chi connectivity index (χ1n) is 3.70. The number of unbranched alkanes of at least 4 members (excludes halogenated alkanes) is 1. The summed E-state index contributed by atoms with van der Waals surface area (Å²) in [5, 5.41) is 0. The number of hydrogen-bond acceptors (Lipinski definition) is 0. The zero-order valence-corrected chi connectivity index (χ0v) is 6.72. The lowest BCUT2D eigenvalue weighted by Gasteiger charge is -1.95. The van der Waals surface area contributed by atoms with Crippen LogP contribution in [-0.4, -0.2) is 0 Å². The molecule has 0 N–H and O–H groups in total. The zero-order valence-electron chi connectivity index (χ0n) is 6.72. The van der Waals surface area contributed by atoms with Crippen LogP contribution in [0.5, 0.6) is 0 Å². The standard InChI is InChI=1S/C9H17/c1-4-5-6-7-8-9(2)3/h4,6-7,9H,5,8H2,1-3H3. The minimum atomic E-state index is 0.804. The van der Waals surface area contributed by atoms with Gasteiger partial charge < -0.3 is 0 Å². The van der Waals surface area contributed by atoms with E-state index in [9.17, 15) is 0 Å². The van der Waals surface area contributed by atoms with Crippen molar-refractivity contribution in [2.45, 2.75) is 33.6 Å². The first kappa shape index (κ1) is 8.74. The van der Waals surface area contributed by atoms with Crippen molar-refractivity contribution in [3.05, 3.63) is 18.6 Å². The summed E-state index contributed by atoms with van der Waals surface area (Å²) in [6.45, 7) is 6.56. The van der Waals surface area contributed by atoms with Gasteiger partial charge in [-0.05, 0) is 25.2 Å². The lowest BCUT2D eigenvalue weighted by atomic mass is 10.1. The van der Waals surface area contributed by atoms with Gasteiger partial charge in [0.15, 0.2) is 0 Å². The van der Waals surface area contributed by atoms with E-state index < -0.39 is 0 Å². The van der Waals surface area contributed by atoms with Crippen molar-refractivity contribution in [2.75, 3.05) is 0 Å². The fourth-order valence-electron chi connectivity index (χ4n) is 0.601. The molecule has 0 fully saturated rings. The molecule has 0 aromatic rings. The predicted molar refractivity (Wildman–Crippen MR) is 43.2 cm³/mol. The average Bonchev–Trinajstić information content (AvgIpc) is 1.80. The van der Waals surface area contributed by atoms with E-state index in [1.165, 1.54) is 6.42 Å². The Hall–Kier alpha value is -0.260. The van der Waals surface area contributed by atoms with Crippen molar-refractivity contribution < 1.29 is 0 Å². The van der Waals surface area contributed by atoms with Crippen molar-refractivity contribution in [2.24, 2.45) is 5.92 Å². The summed E-state index contributed by atoms with van der Waals surface area (Å²) in [5.41, 5.74) is 0. The summed E-state index contributed by atoms with van der Waals surface area (Å²) in [5.74, 6) is 0.804. The van der Waals surface area contributed by atoms with Crippen molar-refractivity contribution in [3.63, 3.8) is 0 Å². The maximum Gasteiger partial charge on any atom is -0.0322 e. The minimum absolute atomic E-state index is 0.804. The smallest absolute Gasteiger partial charge is 0.0322 e. The molecule has 0 aromatic carbocycles. The van der Waals surface area contributed by atoms with Crippen molar-refractivity contribution in [1.82, 2.24) is 0 Å². The lowest BCUT2D eigenvalue weighted by Crippen LogP contribution is -1.80. The molecule has 0 heterocycles. The van der Waals surface area contributed by atoms with Crippen molar-refractivity contribution in [1.29, 1.82) is 0 Å². The Bertz CT molecular complexity index is 70.1. The summed E-state index contributed by atoms with van der Waals surface area (Å²) in [4.78, 5) is 0. The van der Waals surface area contributed by atoms with Crippen LogP contribution in [0.15, 0.2) is 12.2 Å². The first-order valence-corrected chi connectivity index (χ1v) is 3.70. The Kier molecular flexibility index (Phi) is 5.70. The lowest BCUT2D eigenvalue weighted by molar-refractivity contribution is 0.663. The quantitative estimate of drug-likeness (QED) is 0.506. The molecule has 0 rings (SSSR count). The van der Waals surface area contributed by atoms with Gasteiger partial charge in [0, 0.05) is 0 Å². The number of rotatable bonds is 4. The summed E-state index contributed by atoms with van der Waals surface area (Å²) < 4.78 is 0. The van der Waals surface area contributed by atoms with Crippen LogP contribution < -0.4 is 0 Å². The second kappa shape index (κ2) is 5.87. The third-order valence-corrected chi connectivity index (χ3v) is 1.15. The average molecular weight is 125 g/mol. The molecule has 9 heavy (non-hydrogen) atoms. The topological polar surface area (TPSA) is 0 Å². The summed E-state index contributed by atoms with van der Waals surface area (Å²) in [6, 6.07) is 0. The third kappa shape index (κ3) is 7.74. The van der Waals surface area contributed by atoms with Gasteiger partial charge in [-0.2, -0.15) is 0 Å². The van der Waals surface area contributed by atoms with E-state index in [2.05, 4.69) is 39.3 Å². The number of allylic oxidation sites excluding steroid dienone is 2. The summed E-state index contributed by atoms with van der Waals surface area (Å²) in [7, 11) is 0. The molecule has 0 saturated heterocycles. The molecule has 0 saturated carbocycles. The van der Waals surface area contributed by atoms with E-state index in [-0.39, 0.29) is 0 Å². The molecule has 53 valence electrons. The molecular weight excluding hydrogens is 108 g/mol. The molecule has 0 nitrogen and oxygen atoms in total. The normalized spacial score (nSPS) is 11.6. The second-order valence-corrected chi connectivity index (χ2v) is 2.74. The molecule has 0 aliphatic carbocycles. The van der Waals surface area contributed by atoms with E-state index in [4.69, 9.17) is 0 Å². The van der Waals surface area contributed by atoms with Gasteiger partial charge in [-0.15, -0.1) is 0 Å². The molecule has 0 aromatic heterocycles. The molecule has 0 aliphatic heterocycles. The molecular formula is C9H17. The maximum atomic E-state index is 2.25. The van der Waals surface area contributed by atoms with Crippen LogP contribution in [-0.2, 0) is 0 Å². The third-order valence-electron chi connectivity index (χ3n) is 1.15. The molecule has 0 spiro atoms. The zero-order chi connectivity index (χ0) is 7.11. The van der Waals surface area contributed by atoms with Gasteiger partial charge in [-0.1, -0.05) is 32.9 Å². The molecule has 0 heteroatoms. The monoisotopic (exact) mass is 125 g/mol. The summed E-state index contributed by atoms with van der Waals surface area (Å²) >= 11 is 0. The van der Waals surface area contributed by atoms with Crippen LogP contribution >= 0.6 is 0 Å². The van der Waals surface area contributed by atoms with Crippen LogP contribution in [0.2, 0.25) is 0 Å². The highest BCUT2D eigenvalue weighted by atomic mass is 13.9. The van der Waals surface area contributed by atoms with E-state index in [1.54, 1.807) is 0 Å². The van der Waals surface area contributed by atoms with Crippen molar-refractivity contribution in [3.8, 4) is 0 Å². The highest BCUT2D eigenvalue weighted by Gasteiger charge is 1.85. The Morgan fingerprint density at radius 1 is 1.22 bits per heavy atom. The predicted octanol–water partition coefficient (Wildman–Crippen LogP) is 3.20. The van der Waals surface area contributed by atoms with Gasteiger partial charge in [0.1, 0.15) is 0 Å². The van der Waals surface area contributed by atoms with Crippen LogP contribution in [0, 0.1) is 12.3 Å². The van der Waals surface area contributed by atoms with Crippen molar-refractivity contribution >= 4 is 0 Å². The van der Waals surface area contributed by atoms with Gasteiger partial charge in [-0.25, -0.2) is 0 Å². The molecule has 1 radical (unpaired) electrons. The largest absolute Gasteiger partial charge is 0.0883 e. The maximum absolute atomic E-state index is 2.25. The van der Waals surface area contributed by atoms with Gasteiger partial charge in [0.2, 0.25) is 0 Å². The fourth-order valence-corrected chi connectivity index (χ4v) is 0.601. The SMILES string of the molecule is C[CH]CC=CCC(C)C. The van der Waals surface area contributed by atoms with Crippen LogP contribution in [0.1, 0.15) is 33.6 Å². The van der Waals surface area contributed by atoms with E-state index >= 15 is 0 Å². The Labute approximate surface area is 59.0 Å². The van der Waals surface area contributed by atoms with Gasteiger partial charge in [0.05, 0.1) is 0 Å². The Balaban J connectivity index is 3.04. The highest BCUT2D eigenvalue weighted by Crippen LogP contribution is 2.00. The minimum Gasteiger partial charge on any atom is -0.0883 e. The molecule has 0 bridgehead atoms. The Morgan fingerprint density at radius 2 is 1.89 bits per heavy atom. The van der Waals surface area contributed by atoms with Crippen LogP contribution in [0.4, 0.5) is 0 Å². The fraction of sp³-hybridized carbons (Fsp3) is 0.667. The molecule has 0 aliphatic rings. The second-order valence-electron chi connectivity index (χ2n) is 2.74. The first-order chi connectivity index (χ1) is 4.27. The molecule has 0 amide bonds. The van der Waals surface area contributed by atoms with E-state index in [0.717, 1.165) is 12.3 Å². The van der Waals surface area contributed by atoms with Crippen LogP contribution in [0.25, 0.3) is 0 Å². The summed E-state index contributed by atoms with van der Waals surface area (Å²) in [6.07, 6.45) is 8.97.